The van der Waals surface area contributed by atoms with Crippen molar-refractivity contribution in [2.24, 2.45) is 0 Å². The molecule has 1 atom stereocenters. The van der Waals surface area contributed by atoms with Crippen LogP contribution in [-0.4, -0.2) is 48.3 Å². The standard InChI is InChI=1S/C7H14N2O4/c1-8-3-2-6(11)9-5(4-10)7(12)13/h5,8,10H,2-4H2,1H3,(H,9,11)(H,12,13)/t5-/m1/s1. The summed E-state index contributed by atoms with van der Waals surface area (Å²) in [4.78, 5) is 21.3. The van der Waals surface area contributed by atoms with Gasteiger partial charge >= 0.3 is 5.97 Å². The number of hydrogen-bond donors (Lipinski definition) is 4. The second-order valence-corrected chi connectivity index (χ2v) is 2.49. The summed E-state index contributed by atoms with van der Waals surface area (Å²) in [7, 11) is 1.69. The number of nitrogens with one attached hydrogen (secondary N) is 2. The second-order valence-electron chi connectivity index (χ2n) is 2.49. The first-order valence-electron chi connectivity index (χ1n) is 3.89. The molecule has 0 aliphatic rings. The van der Waals surface area contributed by atoms with E-state index < -0.39 is 24.5 Å². The van der Waals surface area contributed by atoms with Gasteiger partial charge in [0.05, 0.1) is 6.61 Å². The molecule has 76 valence electrons. The van der Waals surface area contributed by atoms with Gasteiger partial charge < -0.3 is 20.8 Å². The first-order chi connectivity index (χ1) is 6.11. The topological polar surface area (TPSA) is 98.7 Å². The molecular formula is C7H14N2O4. The average Bonchev–Trinajstić information content (AvgIpc) is 2.10. The first-order valence-corrected chi connectivity index (χ1v) is 3.89. The highest BCUT2D eigenvalue weighted by Crippen LogP contribution is 1.84. The van der Waals surface area contributed by atoms with E-state index in [0.29, 0.717) is 6.54 Å². The van der Waals surface area contributed by atoms with Gasteiger partial charge in [-0.25, -0.2) is 4.79 Å². The number of hydrogen-bond acceptors (Lipinski definition) is 4. The van der Waals surface area contributed by atoms with Gasteiger partial charge in [0, 0.05) is 13.0 Å². The Bertz CT molecular complexity index is 183. The second kappa shape index (κ2) is 6.38. The van der Waals surface area contributed by atoms with Crippen LogP contribution in [0.4, 0.5) is 0 Å². The van der Waals surface area contributed by atoms with Gasteiger partial charge in [0.15, 0.2) is 0 Å². The maximum atomic E-state index is 11.0. The minimum absolute atomic E-state index is 0.195. The first kappa shape index (κ1) is 11.9. The molecule has 0 aromatic heterocycles. The van der Waals surface area contributed by atoms with Gasteiger partial charge in [0.25, 0.3) is 0 Å². The summed E-state index contributed by atoms with van der Waals surface area (Å²) in [6.45, 7) is -0.121. The highest BCUT2D eigenvalue weighted by atomic mass is 16.4. The summed E-state index contributed by atoms with van der Waals surface area (Å²) in [5.41, 5.74) is 0. The lowest BCUT2D eigenvalue weighted by Crippen LogP contribution is -2.43. The summed E-state index contributed by atoms with van der Waals surface area (Å²) in [6.07, 6.45) is 0.195. The Kier molecular flexibility index (Phi) is 5.82. The molecule has 0 aromatic carbocycles. The molecule has 4 N–H and O–H groups in total. The predicted molar refractivity (Wildman–Crippen MR) is 45.2 cm³/mol. The van der Waals surface area contributed by atoms with Crippen molar-refractivity contribution >= 4 is 11.9 Å². The zero-order chi connectivity index (χ0) is 10.3. The van der Waals surface area contributed by atoms with Crippen LogP contribution < -0.4 is 10.6 Å². The Hall–Kier alpha value is -1.14. The number of carbonyl (C=O) groups is 2. The molecule has 0 spiro atoms. The van der Waals surface area contributed by atoms with Crippen molar-refractivity contribution in [3.8, 4) is 0 Å². The molecule has 6 heteroatoms. The fraction of sp³-hybridized carbons (Fsp3) is 0.714. The maximum Gasteiger partial charge on any atom is 0.328 e. The predicted octanol–water partition coefficient (Wildman–Crippen LogP) is -1.84. The van der Waals surface area contributed by atoms with Crippen molar-refractivity contribution in [1.29, 1.82) is 0 Å². The number of aliphatic hydroxyl groups excluding tert-OH is 1. The van der Waals surface area contributed by atoms with Crippen LogP contribution in [0.2, 0.25) is 0 Å². The quantitative estimate of drug-likeness (QED) is 0.394. The van der Waals surface area contributed by atoms with Crippen LogP contribution in [0.1, 0.15) is 6.42 Å². The van der Waals surface area contributed by atoms with Crippen molar-refractivity contribution in [2.75, 3.05) is 20.2 Å². The van der Waals surface area contributed by atoms with Gasteiger partial charge in [-0.15, -0.1) is 0 Å². The highest BCUT2D eigenvalue weighted by Gasteiger charge is 2.17. The third kappa shape index (κ3) is 5.15. The molecular weight excluding hydrogens is 176 g/mol. The van der Waals surface area contributed by atoms with E-state index in [2.05, 4.69) is 10.6 Å². The van der Waals surface area contributed by atoms with Crippen LogP contribution in [0.25, 0.3) is 0 Å². The van der Waals surface area contributed by atoms with Crippen LogP contribution >= 0.6 is 0 Å². The fourth-order valence-corrected chi connectivity index (χ4v) is 0.691. The third-order valence-corrected chi connectivity index (χ3v) is 1.42. The molecule has 6 nitrogen and oxygen atoms in total. The molecule has 0 aliphatic heterocycles. The van der Waals surface area contributed by atoms with Crippen molar-refractivity contribution in [2.45, 2.75) is 12.5 Å². The summed E-state index contributed by atoms with van der Waals surface area (Å²) in [6, 6.07) is -1.20. The Morgan fingerprint density at radius 3 is 2.46 bits per heavy atom. The van der Waals surface area contributed by atoms with Crippen molar-refractivity contribution in [1.82, 2.24) is 10.6 Å². The number of rotatable bonds is 6. The highest BCUT2D eigenvalue weighted by molar-refractivity contribution is 5.83. The Labute approximate surface area is 75.9 Å². The number of aliphatic carboxylic acids is 1. The Morgan fingerprint density at radius 2 is 2.08 bits per heavy atom. The summed E-state index contributed by atoms with van der Waals surface area (Å²) in [5.74, 6) is -1.63. The van der Waals surface area contributed by atoms with E-state index in [4.69, 9.17) is 10.2 Å². The van der Waals surface area contributed by atoms with E-state index in [9.17, 15) is 9.59 Å². The lowest BCUT2D eigenvalue weighted by atomic mass is 10.3. The van der Waals surface area contributed by atoms with Crippen molar-refractivity contribution in [3.05, 3.63) is 0 Å². The van der Waals surface area contributed by atoms with Crippen molar-refractivity contribution in [3.63, 3.8) is 0 Å². The molecule has 1 amide bonds. The molecule has 13 heavy (non-hydrogen) atoms. The van der Waals surface area contributed by atoms with Crippen LogP contribution in [0, 0.1) is 0 Å². The smallest absolute Gasteiger partial charge is 0.328 e. The molecule has 0 bridgehead atoms. The minimum atomic E-state index is -1.24. The number of amides is 1. The lowest BCUT2D eigenvalue weighted by Gasteiger charge is -2.10. The normalized spacial score (nSPS) is 12.2. The zero-order valence-corrected chi connectivity index (χ0v) is 7.41. The van der Waals surface area contributed by atoms with E-state index in [1.54, 1.807) is 7.05 Å². The molecule has 0 radical (unpaired) electrons. The molecule has 0 rings (SSSR count). The molecule has 0 saturated heterocycles. The minimum Gasteiger partial charge on any atom is -0.480 e. The van der Waals surface area contributed by atoms with Gasteiger partial charge in [-0.3, -0.25) is 4.79 Å². The number of carboxylic acids is 1. The van der Waals surface area contributed by atoms with Crippen LogP contribution in [0.3, 0.4) is 0 Å². The number of carbonyl (C=O) groups excluding carboxylic acids is 1. The number of aliphatic hydroxyl groups is 1. The van der Waals surface area contributed by atoms with Gasteiger partial charge in [-0.2, -0.15) is 0 Å². The van der Waals surface area contributed by atoms with Crippen molar-refractivity contribution < 1.29 is 19.8 Å². The van der Waals surface area contributed by atoms with Gasteiger partial charge in [0.1, 0.15) is 6.04 Å². The summed E-state index contributed by atoms with van der Waals surface area (Å²) >= 11 is 0. The summed E-state index contributed by atoms with van der Waals surface area (Å²) in [5, 5.41) is 21.9. The lowest BCUT2D eigenvalue weighted by molar-refractivity contribution is -0.142. The molecule has 0 fully saturated rings. The van der Waals surface area contributed by atoms with Crippen LogP contribution in [0.5, 0.6) is 0 Å². The maximum absolute atomic E-state index is 11.0. The van der Waals surface area contributed by atoms with E-state index in [1.807, 2.05) is 0 Å². The summed E-state index contributed by atoms with van der Waals surface area (Å²) < 4.78 is 0. The van der Waals surface area contributed by atoms with Gasteiger partial charge in [-0.1, -0.05) is 0 Å². The fourth-order valence-electron chi connectivity index (χ4n) is 0.691. The third-order valence-electron chi connectivity index (χ3n) is 1.42. The monoisotopic (exact) mass is 190 g/mol. The van der Waals surface area contributed by atoms with E-state index in [1.165, 1.54) is 0 Å². The molecule has 0 saturated carbocycles. The largest absolute Gasteiger partial charge is 0.480 e. The number of carboxylic acid groups (broad SMARTS) is 1. The molecule has 0 unspecified atom stereocenters. The van der Waals surface area contributed by atoms with Gasteiger partial charge in [-0.05, 0) is 7.05 Å². The Balaban J connectivity index is 3.80. The zero-order valence-electron chi connectivity index (χ0n) is 7.41. The average molecular weight is 190 g/mol. The van der Waals surface area contributed by atoms with E-state index >= 15 is 0 Å². The molecule has 0 aliphatic carbocycles. The Morgan fingerprint density at radius 1 is 1.46 bits per heavy atom. The van der Waals surface area contributed by atoms with Gasteiger partial charge in [0.2, 0.25) is 5.91 Å². The van der Waals surface area contributed by atoms with Crippen LogP contribution in [0.15, 0.2) is 0 Å². The van der Waals surface area contributed by atoms with Crippen LogP contribution in [-0.2, 0) is 9.59 Å². The molecule has 0 aromatic rings. The van der Waals surface area contributed by atoms with E-state index in [-0.39, 0.29) is 6.42 Å². The molecule has 0 heterocycles. The SMILES string of the molecule is CNCCC(=O)N[C@H](CO)C(=O)O. The van der Waals surface area contributed by atoms with E-state index in [0.717, 1.165) is 0 Å².